The fraction of sp³-hybridized carbons (Fsp3) is 0.571. The summed E-state index contributed by atoms with van der Waals surface area (Å²) in [5.41, 5.74) is 1.79. The van der Waals surface area contributed by atoms with Gasteiger partial charge in [0.05, 0.1) is 4.92 Å². The van der Waals surface area contributed by atoms with Gasteiger partial charge in [-0.25, -0.2) is 0 Å². The Morgan fingerprint density at radius 1 is 1.40 bits per heavy atom. The summed E-state index contributed by atoms with van der Waals surface area (Å²) < 4.78 is 0. The molecule has 0 atom stereocenters. The number of hydrogen-bond acceptors (Lipinski definition) is 5. The SMILES string of the molecule is Cc1ccc(N(C)CCN2CCNCC2)cc1[N+](=O)[O-]. The summed E-state index contributed by atoms with van der Waals surface area (Å²) in [5, 5.41) is 14.3. The molecule has 0 saturated carbocycles. The number of hydrogen-bond donors (Lipinski definition) is 1. The molecule has 0 amide bonds. The second kappa shape index (κ2) is 6.67. The molecule has 2 rings (SSSR count). The Labute approximate surface area is 119 Å². The molecule has 0 aliphatic carbocycles. The van der Waals surface area contributed by atoms with E-state index in [-0.39, 0.29) is 10.6 Å². The molecule has 110 valence electrons. The van der Waals surface area contributed by atoms with Crippen molar-refractivity contribution in [3.8, 4) is 0 Å². The lowest BCUT2D eigenvalue weighted by Crippen LogP contribution is -2.46. The van der Waals surface area contributed by atoms with Gasteiger partial charge in [-0.05, 0) is 13.0 Å². The van der Waals surface area contributed by atoms with Crippen molar-refractivity contribution in [2.75, 3.05) is 51.2 Å². The third-order valence-corrected chi connectivity index (χ3v) is 3.79. The lowest BCUT2D eigenvalue weighted by atomic mass is 10.1. The maximum atomic E-state index is 11.0. The van der Waals surface area contributed by atoms with E-state index in [0.29, 0.717) is 5.56 Å². The Balaban J connectivity index is 1.96. The number of benzene rings is 1. The van der Waals surface area contributed by atoms with Gasteiger partial charge in [0.2, 0.25) is 0 Å². The fourth-order valence-corrected chi connectivity index (χ4v) is 2.39. The third kappa shape index (κ3) is 3.68. The van der Waals surface area contributed by atoms with Crippen LogP contribution < -0.4 is 10.2 Å². The van der Waals surface area contributed by atoms with Crippen LogP contribution in [0, 0.1) is 17.0 Å². The second-order valence-electron chi connectivity index (χ2n) is 5.24. The number of nitro groups is 1. The van der Waals surface area contributed by atoms with Crippen LogP contribution in [0.4, 0.5) is 11.4 Å². The lowest BCUT2D eigenvalue weighted by Gasteiger charge is -2.29. The summed E-state index contributed by atoms with van der Waals surface area (Å²) in [6.45, 7) is 7.85. The smallest absolute Gasteiger partial charge is 0.274 e. The van der Waals surface area contributed by atoms with Crippen molar-refractivity contribution in [1.82, 2.24) is 10.2 Å². The number of piperazine rings is 1. The molecule has 6 nitrogen and oxygen atoms in total. The summed E-state index contributed by atoms with van der Waals surface area (Å²) in [7, 11) is 1.98. The number of aryl methyl sites for hydroxylation is 1. The third-order valence-electron chi connectivity index (χ3n) is 3.79. The zero-order chi connectivity index (χ0) is 14.5. The van der Waals surface area contributed by atoms with Gasteiger partial charge < -0.3 is 10.2 Å². The van der Waals surface area contributed by atoms with E-state index in [2.05, 4.69) is 15.1 Å². The maximum absolute atomic E-state index is 11.0. The largest absolute Gasteiger partial charge is 0.373 e. The van der Waals surface area contributed by atoms with Crippen LogP contribution in [0.25, 0.3) is 0 Å². The van der Waals surface area contributed by atoms with Crippen molar-refractivity contribution in [3.63, 3.8) is 0 Å². The molecule has 1 saturated heterocycles. The van der Waals surface area contributed by atoms with E-state index >= 15 is 0 Å². The quantitative estimate of drug-likeness (QED) is 0.648. The molecule has 0 unspecified atom stereocenters. The first kappa shape index (κ1) is 14.7. The molecule has 0 spiro atoms. The molecule has 1 aromatic carbocycles. The molecule has 0 aromatic heterocycles. The highest BCUT2D eigenvalue weighted by Gasteiger charge is 2.14. The van der Waals surface area contributed by atoms with Crippen LogP contribution in [0.1, 0.15) is 5.56 Å². The highest BCUT2D eigenvalue weighted by molar-refractivity contribution is 5.56. The standard InChI is InChI=1S/C14H22N4O2/c1-12-3-4-13(11-14(12)18(19)20)16(2)9-10-17-7-5-15-6-8-17/h3-4,11,15H,5-10H2,1-2H3. The summed E-state index contributed by atoms with van der Waals surface area (Å²) in [6.07, 6.45) is 0. The maximum Gasteiger partial charge on any atom is 0.274 e. The van der Waals surface area contributed by atoms with Crippen molar-refractivity contribution < 1.29 is 4.92 Å². The molecule has 6 heteroatoms. The molecule has 20 heavy (non-hydrogen) atoms. The van der Waals surface area contributed by atoms with Gasteiger partial charge >= 0.3 is 0 Å². The Morgan fingerprint density at radius 3 is 2.75 bits per heavy atom. The molecule has 1 aliphatic heterocycles. The summed E-state index contributed by atoms with van der Waals surface area (Å²) in [4.78, 5) is 15.1. The van der Waals surface area contributed by atoms with Gasteiger partial charge in [-0.2, -0.15) is 0 Å². The van der Waals surface area contributed by atoms with Gasteiger partial charge in [-0.3, -0.25) is 15.0 Å². The van der Waals surface area contributed by atoms with Crippen LogP contribution in [0.2, 0.25) is 0 Å². The molecule has 1 heterocycles. The van der Waals surface area contributed by atoms with Crippen molar-refractivity contribution in [2.24, 2.45) is 0 Å². The Bertz CT molecular complexity index is 472. The Morgan fingerprint density at radius 2 is 2.10 bits per heavy atom. The van der Waals surface area contributed by atoms with E-state index < -0.39 is 0 Å². The molecular weight excluding hydrogens is 256 g/mol. The zero-order valence-electron chi connectivity index (χ0n) is 12.1. The van der Waals surface area contributed by atoms with E-state index in [1.54, 1.807) is 13.0 Å². The predicted molar refractivity (Wildman–Crippen MR) is 80.4 cm³/mol. The highest BCUT2D eigenvalue weighted by atomic mass is 16.6. The van der Waals surface area contributed by atoms with Crippen molar-refractivity contribution in [2.45, 2.75) is 6.92 Å². The van der Waals surface area contributed by atoms with Crippen LogP contribution in [-0.4, -0.2) is 56.1 Å². The second-order valence-corrected chi connectivity index (χ2v) is 5.24. The van der Waals surface area contributed by atoms with Gasteiger partial charge in [0, 0.05) is 63.6 Å². The number of anilines is 1. The predicted octanol–water partition coefficient (Wildman–Crippen LogP) is 1.24. The molecule has 1 N–H and O–H groups in total. The van der Waals surface area contributed by atoms with E-state index in [4.69, 9.17) is 0 Å². The Kier molecular flexibility index (Phi) is 4.92. The first-order valence-corrected chi connectivity index (χ1v) is 6.97. The zero-order valence-corrected chi connectivity index (χ0v) is 12.1. The summed E-state index contributed by atoms with van der Waals surface area (Å²) in [5.74, 6) is 0. The minimum atomic E-state index is -0.316. The Hall–Kier alpha value is -1.66. The number of nitrogens with one attached hydrogen (secondary N) is 1. The van der Waals surface area contributed by atoms with Crippen molar-refractivity contribution in [1.29, 1.82) is 0 Å². The first-order valence-electron chi connectivity index (χ1n) is 6.97. The normalized spacial score (nSPS) is 16.1. The van der Waals surface area contributed by atoms with E-state index in [9.17, 15) is 10.1 Å². The minimum absolute atomic E-state index is 0.191. The number of nitrogens with zero attached hydrogens (tertiary/aromatic N) is 3. The average molecular weight is 278 g/mol. The van der Waals surface area contributed by atoms with E-state index in [1.807, 2.05) is 19.2 Å². The summed E-state index contributed by atoms with van der Waals surface area (Å²) >= 11 is 0. The summed E-state index contributed by atoms with van der Waals surface area (Å²) in [6, 6.07) is 5.42. The first-order chi connectivity index (χ1) is 9.58. The van der Waals surface area contributed by atoms with Gasteiger partial charge in [0.15, 0.2) is 0 Å². The highest BCUT2D eigenvalue weighted by Crippen LogP contribution is 2.24. The molecule has 0 bridgehead atoms. The van der Waals surface area contributed by atoms with Gasteiger partial charge in [-0.1, -0.05) is 6.07 Å². The number of rotatable bonds is 5. The van der Waals surface area contributed by atoms with Crippen LogP contribution in [0.15, 0.2) is 18.2 Å². The van der Waals surface area contributed by atoms with Crippen LogP contribution in [-0.2, 0) is 0 Å². The van der Waals surface area contributed by atoms with Gasteiger partial charge in [0.1, 0.15) is 0 Å². The van der Waals surface area contributed by atoms with Crippen LogP contribution in [0.3, 0.4) is 0 Å². The van der Waals surface area contributed by atoms with Gasteiger partial charge in [-0.15, -0.1) is 0 Å². The van der Waals surface area contributed by atoms with Crippen molar-refractivity contribution >= 4 is 11.4 Å². The topological polar surface area (TPSA) is 61.6 Å². The molecule has 1 fully saturated rings. The minimum Gasteiger partial charge on any atom is -0.373 e. The number of nitro benzene ring substituents is 1. The monoisotopic (exact) mass is 278 g/mol. The number of likely N-dealkylation sites (N-methyl/N-ethyl adjacent to an activating group) is 1. The van der Waals surface area contributed by atoms with E-state index in [0.717, 1.165) is 45.0 Å². The molecular formula is C14H22N4O2. The van der Waals surface area contributed by atoms with Gasteiger partial charge in [0.25, 0.3) is 5.69 Å². The van der Waals surface area contributed by atoms with Crippen molar-refractivity contribution in [3.05, 3.63) is 33.9 Å². The fourth-order valence-electron chi connectivity index (χ4n) is 2.39. The molecule has 1 aromatic rings. The average Bonchev–Trinajstić information content (AvgIpc) is 2.46. The van der Waals surface area contributed by atoms with Crippen LogP contribution in [0.5, 0.6) is 0 Å². The molecule has 0 radical (unpaired) electrons. The lowest BCUT2D eigenvalue weighted by molar-refractivity contribution is -0.385. The van der Waals surface area contributed by atoms with Crippen LogP contribution >= 0.6 is 0 Å². The molecule has 1 aliphatic rings. The van der Waals surface area contributed by atoms with E-state index in [1.165, 1.54) is 0 Å².